The first-order chi connectivity index (χ1) is 10.6. The lowest BCUT2D eigenvalue weighted by molar-refractivity contribution is 0.373. The minimum Gasteiger partial charge on any atom is -0.504 e. The van der Waals surface area contributed by atoms with Gasteiger partial charge in [-0.15, -0.1) is 0 Å². The Morgan fingerprint density at radius 1 is 1.14 bits per heavy atom. The van der Waals surface area contributed by atoms with Crippen molar-refractivity contribution >= 4 is 5.82 Å². The maximum atomic E-state index is 9.67. The summed E-state index contributed by atoms with van der Waals surface area (Å²) in [6.07, 6.45) is 0. The van der Waals surface area contributed by atoms with E-state index in [1.54, 1.807) is 6.07 Å². The fourth-order valence-corrected chi connectivity index (χ4v) is 2.07. The predicted molar refractivity (Wildman–Crippen MR) is 78.3 cm³/mol. The molecule has 2 aromatic rings. The predicted octanol–water partition coefficient (Wildman–Crippen LogP) is 1.80. The summed E-state index contributed by atoms with van der Waals surface area (Å²) in [5.41, 5.74) is 6.68. The van der Waals surface area contributed by atoms with Gasteiger partial charge in [0.05, 0.1) is 14.2 Å². The van der Waals surface area contributed by atoms with Crippen LogP contribution < -0.4 is 15.2 Å². The Hall–Kier alpha value is -3.45. The molecule has 1 heterocycles. The molecular formula is C15H12N4O3. The number of rotatable bonds is 3. The van der Waals surface area contributed by atoms with Crippen LogP contribution in [0.3, 0.4) is 0 Å². The SMILES string of the molecule is COc1cc(-c2c(C#N)c(N)nc(OC)c2C#N)ccc1O. The van der Waals surface area contributed by atoms with E-state index < -0.39 is 0 Å². The van der Waals surface area contributed by atoms with Crippen molar-refractivity contribution in [2.45, 2.75) is 0 Å². The highest BCUT2D eigenvalue weighted by molar-refractivity contribution is 5.83. The quantitative estimate of drug-likeness (QED) is 0.884. The molecule has 0 unspecified atom stereocenters. The maximum absolute atomic E-state index is 9.67. The third-order valence-corrected chi connectivity index (χ3v) is 3.08. The number of aromatic nitrogens is 1. The molecule has 7 heteroatoms. The molecule has 0 aliphatic heterocycles. The topological polar surface area (TPSA) is 125 Å². The summed E-state index contributed by atoms with van der Waals surface area (Å²) in [6.45, 7) is 0. The highest BCUT2D eigenvalue weighted by atomic mass is 16.5. The fraction of sp³-hybridized carbons (Fsp3) is 0.133. The summed E-state index contributed by atoms with van der Waals surface area (Å²) < 4.78 is 10.1. The zero-order chi connectivity index (χ0) is 16.3. The summed E-state index contributed by atoms with van der Waals surface area (Å²) in [5.74, 6) is 0.137. The van der Waals surface area contributed by atoms with E-state index in [0.29, 0.717) is 5.56 Å². The number of aromatic hydroxyl groups is 1. The Kier molecular flexibility index (Phi) is 4.01. The van der Waals surface area contributed by atoms with E-state index in [0.717, 1.165) is 0 Å². The smallest absolute Gasteiger partial charge is 0.234 e. The molecule has 1 aromatic carbocycles. The number of nitrogens with zero attached hydrogens (tertiary/aromatic N) is 3. The number of phenols is 1. The van der Waals surface area contributed by atoms with Crippen molar-refractivity contribution in [3.8, 4) is 40.6 Å². The van der Waals surface area contributed by atoms with Crippen LogP contribution in [0.5, 0.6) is 17.4 Å². The van der Waals surface area contributed by atoms with Crippen LogP contribution >= 0.6 is 0 Å². The zero-order valence-corrected chi connectivity index (χ0v) is 11.9. The second kappa shape index (κ2) is 5.90. The molecule has 0 aliphatic rings. The molecule has 2 rings (SSSR count). The lowest BCUT2D eigenvalue weighted by atomic mass is 9.96. The summed E-state index contributed by atoms with van der Waals surface area (Å²) >= 11 is 0. The highest BCUT2D eigenvalue weighted by Gasteiger charge is 2.21. The molecule has 110 valence electrons. The second-order valence-electron chi connectivity index (χ2n) is 4.24. The van der Waals surface area contributed by atoms with Crippen molar-refractivity contribution in [2.24, 2.45) is 0 Å². The third kappa shape index (κ3) is 2.32. The molecule has 7 nitrogen and oxygen atoms in total. The van der Waals surface area contributed by atoms with Gasteiger partial charge in [-0.1, -0.05) is 6.07 Å². The monoisotopic (exact) mass is 296 g/mol. The first kappa shape index (κ1) is 14.9. The van der Waals surface area contributed by atoms with Gasteiger partial charge in [0.25, 0.3) is 0 Å². The number of hydrogen-bond acceptors (Lipinski definition) is 7. The van der Waals surface area contributed by atoms with Gasteiger partial charge in [0, 0.05) is 5.56 Å². The van der Waals surface area contributed by atoms with Gasteiger partial charge >= 0.3 is 0 Å². The van der Waals surface area contributed by atoms with Gasteiger partial charge in [0.2, 0.25) is 5.88 Å². The van der Waals surface area contributed by atoms with Crippen molar-refractivity contribution < 1.29 is 14.6 Å². The number of nitrogen functional groups attached to an aromatic ring is 1. The normalized spacial score (nSPS) is 9.64. The van der Waals surface area contributed by atoms with Crippen LogP contribution in [0.2, 0.25) is 0 Å². The molecule has 0 saturated carbocycles. The number of phenolic OH excluding ortho intramolecular Hbond substituents is 1. The number of benzene rings is 1. The summed E-state index contributed by atoms with van der Waals surface area (Å²) in [7, 11) is 2.76. The Morgan fingerprint density at radius 2 is 1.82 bits per heavy atom. The molecule has 22 heavy (non-hydrogen) atoms. The first-order valence-corrected chi connectivity index (χ1v) is 6.12. The zero-order valence-electron chi connectivity index (χ0n) is 11.9. The van der Waals surface area contributed by atoms with Gasteiger partial charge < -0.3 is 20.3 Å². The average Bonchev–Trinajstić information content (AvgIpc) is 2.54. The Balaban J connectivity index is 2.87. The Bertz CT molecular complexity index is 819. The highest BCUT2D eigenvalue weighted by Crippen LogP contribution is 2.38. The molecule has 0 fully saturated rings. The Morgan fingerprint density at radius 3 is 2.36 bits per heavy atom. The van der Waals surface area contributed by atoms with Gasteiger partial charge in [-0.2, -0.15) is 15.5 Å². The molecule has 0 saturated heterocycles. The maximum Gasteiger partial charge on any atom is 0.234 e. The Labute approximate surface area is 126 Å². The third-order valence-electron chi connectivity index (χ3n) is 3.08. The van der Waals surface area contributed by atoms with E-state index in [2.05, 4.69) is 4.98 Å². The van der Waals surface area contributed by atoms with Gasteiger partial charge in [-0.05, 0) is 17.7 Å². The van der Waals surface area contributed by atoms with Crippen LogP contribution in [-0.2, 0) is 0 Å². The number of nitrogens with two attached hydrogens (primary N) is 1. The van der Waals surface area contributed by atoms with Crippen LogP contribution in [0.4, 0.5) is 5.82 Å². The van der Waals surface area contributed by atoms with E-state index >= 15 is 0 Å². The molecule has 0 radical (unpaired) electrons. The second-order valence-corrected chi connectivity index (χ2v) is 4.24. The summed E-state index contributed by atoms with van der Waals surface area (Å²) in [4.78, 5) is 3.91. The van der Waals surface area contributed by atoms with E-state index in [-0.39, 0.29) is 39.9 Å². The summed E-state index contributed by atoms with van der Waals surface area (Å²) in [5, 5.41) is 28.4. The molecule has 0 aliphatic carbocycles. The standard InChI is InChI=1S/C15H12N4O3/c1-21-12-5-8(3-4-11(12)20)13-9(6-16)14(18)19-15(22-2)10(13)7-17/h3-5,20H,1-2H3,(H2,18,19). The van der Waals surface area contributed by atoms with E-state index in [4.69, 9.17) is 15.2 Å². The number of anilines is 1. The van der Waals surface area contributed by atoms with Gasteiger partial charge in [-0.25, -0.2) is 0 Å². The van der Waals surface area contributed by atoms with Crippen molar-refractivity contribution in [1.82, 2.24) is 4.98 Å². The van der Waals surface area contributed by atoms with E-state index in [1.807, 2.05) is 12.1 Å². The number of ether oxygens (including phenoxy) is 2. The van der Waals surface area contributed by atoms with Crippen LogP contribution in [0, 0.1) is 22.7 Å². The number of methoxy groups -OCH3 is 2. The fourth-order valence-electron chi connectivity index (χ4n) is 2.07. The summed E-state index contributed by atoms with van der Waals surface area (Å²) in [6, 6.07) is 8.37. The molecule has 1 aromatic heterocycles. The van der Waals surface area contributed by atoms with Gasteiger partial charge in [0.1, 0.15) is 29.1 Å². The number of pyridine rings is 1. The molecule has 0 spiro atoms. The molecular weight excluding hydrogens is 284 g/mol. The minimum atomic E-state index is -0.0581. The van der Waals surface area contributed by atoms with E-state index in [1.165, 1.54) is 26.4 Å². The largest absolute Gasteiger partial charge is 0.504 e. The number of nitriles is 2. The molecule has 0 bridgehead atoms. The van der Waals surface area contributed by atoms with Crippen LogP contribution in [0.15, 0.2) is 18.2 Å². The average molecular weight is 296 g/mol. The van der Waals surface area contributed by atoms with Gasteiger partial charge in [-0.3, -0.25) is 0 Å². The lowest BCUT2D eigenvalue weighted by Gasteiger charge is -2.13. The van der Waals surface area contributed by atoms with Crippen LogP contribution in [-0.4, -0.2) is 24.3 Å². The van der Waals surface area contributed by atoms with Crippen molar-refractivity contribution in [2.75, 3.05) is 20.0 Å². The number of hydrogen-bond donors (Lipinski definition) is 2. The molecule has 0 atom stereocenters. The van der Waals surface area contributed by atoms with Crippen LogP contribution in [0.25, 0.3) is 11.1 Å². The molecule has 3 N–H and O–H groups in total. The van der Waals surface area contributed by atoms with Crippen LogP contribution in [0.1, 0.15) is 11.1 Å². The van der Waals surface area contributed by atoms with Gasteiger partial charge in [0.15, 0.2) is 11.5 Å². The minimum absolute atomic E-state index is 0.0287. The lowest BCUT2D eigenvalue weighted by Crippen LogP contribution is -2.04. The van der Waals surface area contributed by atoms with Crippen molar-refractivity contribution in [1.29, 1.82) is 10.5 Å². The van der Waals surface area contributed by atoms with E-state index in [9.17, 15) is 15.6 Å². The van der Waals surface area contributed by atoms with Crippen molar-refractivity contribution in [3.63, 3.8) is 0 Å². The van der Waals surface area contributed by atoms with Crippen molar-refractivity contribution in [3.05, 3.63) is 29.3 Å². The molecule has 0 amide bonds. The first-order valence-electron chi connectivity index (χ1n) is 6.12.